The predicted octanol–water partition coefficient (Wildman–Crippen LogP) is 4.39. The maximum absolute atomic E-state index is 5.83. The highest BCUT2D eigenvalue weighted by atomic mass is 79.9. The lowest BCUT2D eigenvalue weighted by atomic mass is 10.1. The highest BCUT2D eigenvalue weighted by Gasteiger charge is 2.01. The fourth-order valence-corrected chi connectivity index (χ4v) is 2.28. The minimum Gasteiger partial charge on any atom is -0.399 e. The average Bonchev–Trinajstić information content (AvgIpc) is 2.21. The maximum atomic E-state index is 5.83. The van der Waals surface area contributed by atoms with Crippen LogP contribution in [0.25, 0.3) is 0 Å². The molecule has 2 aromatic rings. The Kier molecular flexibility index (Phi) is 3.38. The van der Waals surface area contributed by atoms with Gasteiger partial charge >= 0.3 is 0 Å². The van der Waals surface area contributed by atoms with Crippen LogP contribution in [0.5, 0.6) is 0 Å². The lowest BCUT2D eigenvalue weighted by Gasteiger charge is -2.11. The molecule has 0 aromatic heterocycles. The largest absolute Gasteiger partial charge is 0.399 e. The molecule has 0 saturated heterocycles. The lowest BCUT2D eigenvalue weighted by Crippen LogP contribution is -1.95. The molecule has 0 fully saturated rings. The minimum absolute atomic E-state index is 0.780. The molecule has 0 aliphatic heterocycles. The van der Waals surface area contributed by atoms with Gasteiger partial charge in [-0.1, -0.05) is 15.9 Å². The van der Waals surface area contributed by atoms with Gasteiger partial charge in [0.05, 0.1) is 0 Å². The van der Waals surface area contributed by atoms with Crippen molar-refractivity contribution in [3.8, 4) is 0 Å². The van der Waals surface area contributed by atoms with E-state index in [2.05, 4.69) is 46.4 Å². The van der Waals surface area contributed by atoms with Crippen LogP contribution in [0.3, 0.4) is 0 Å². The molecular formula is C14H15BrN2. The molecule has 2 aromatic carbocycles. The first-order valence-electron chi connectivity index (χ1n) is 5.45. The zero-order valence-electron chi connectivity index (χ0n) is 9.92. The minimum atomic E-state index is 0.780. The van der Waals surface area contributed by atoms with Gasteiger partial charge in [0.1, 0.15) is 0 Å². The molecule has 0 spiro atoms. The van der Waals surface area contributed by atoms with Crippen molar-refractivity contribution in [1.29, 1.82) is 0 Å². The monoisotopic (exact) mass is 290 g/mol. The third-order valence-corrected chi connectivity index (χ3v) is 3.06. The van der Waals surface area contributed by atoms with Crippen molar-refractivity contribution < 1.29 is 0 Å². The lowest BCUT2D eigenvalue weighted by molar-refractivity contribution is 1.40. The molecule has 3 heteroatoms. The number of nitrogens with one attached hydrogen (secondary N) is 1. The number of anilines is 3. The van der Waals surface area contributed by atoms with E-state index in [1.54, 1.807) is 0 Å². The first-order valence-corrected chi connectivity index (χ1v) is 6.24. The number of nitrogens with two attached hydrogens (primary N) is 1. The van der Waals surface area contributed by atoms with Gasteiger partial charge in [0.25, 0.3) is 0 Å². The molecular weight excluding hydrogens is 276 g/mol. The molecule has 0 aliphatic carbocycles. The second kappa shape index (κ2) is 4.80. The summed E-state index contributed by atoms with van der Waals surface area (Å²) in [5.74, 6) is 0. The van der Waals surface area contributed by atoms with Crippen LogP contribution >= 0.6 is 15.9 Å². The van der Waals surface area contributed by atoms with Crippen molar-refractivity contribution in [3.63, 3.8) is 0 Å². The summed E-state index contributed by atoms with van der Waals surface area (Å²) in [6.45, 7) is 4.11. The summed E-state index contributed by atoms with van der Waals surface area (Å²) in [5, 5.41) is 3.38. The molecule has 0 unspecified atom stereocenters. The highest BCUT2D eigenvalue weighted by molar-refractivity contribution is 9.10. The Morgan fingerprint density at radius 1 is 1.06 bits per heavy atom. The van der Waals surface area contributed by atoms with Gasteiger partial charge in [0.15, 0.2) is 0 Å². The summed E-state index contributed by atoms with van der Waals surface area (Å²) in [5.41, 5.74) is 11.1. The van der Waals surface area contributed by atoms with Gasteiger partial charge < -0.3 is 11.1 Å². The van der Waals surface area contributed by atoms with Gasteiger partial charge in [-0.15, -0.1) is 0 Å². The van der Waals surface area contributed by atoms with Gasteiger partial charge in [-0.05, 0) is 61.4 Å². The fraction of sp³-hybridized carbons (Fsp3) is 0.143. The van der Waals surface area contributed by atoms with Crippen LogP contribution in [0.2, 0.25) is 0 Å². The van der Waals surface area contributed by atoms with E-state index in [1.807, 2.05) is 25.1 Å². The number of halogens is 1. The van der Waals surface area contributed by atoms with Crippen LogP contribution in [-0.4, -0.2) is 0 Å². The van der Waals surface area contributed by atoms with Crippen molar-refractivity contribution >= 4 is 33.0 Å². The molecule has 0 heterocycles. The topological polar surface area (TPSA) is 38.0 Å². The summed E-state index contributed by atoms with van der Waals surface area (Å²) < 4.78 is 1.09. The molecule has 0 saturated carbocycles. The molecule has 2 rings (SSSR count). The predicted molar refractivity (Wildman–Crippen MR) is 77.8 cm³/mol. The molecule has 3 N–H and O–H groups in total. The normalized spacial score (nSPS) is 10.3. The standard InChI is InChI=1S/C14H15BrN2/c1-9-5-12(16)8-13(6-9)17-14-4-3-11(15)7-10(14)2/h3-8,17H,16H2,1-2H3. The van der Waals surface area contributed by atoms with E-state index in [0.29, 0.717) is 0 Å². The first-order chi connectivity index (χ1) is 8.04. The summed E-state index contributed by atoms with van der Waals surface area (Å²) in [6, 6.07) is 12.1. The van der Waals surface area contributed by atoms with Crippen molar-refractivity contribution in [2.24, 2.45) is 0 Å². The fourth-order valence-electron chi connectivity index (χ4n) is 1.81. The van der Waals surface area contributed by atoms with Crippen LogP contribution < -0.4 is 11.1 Å². The summed E-state index contributed by atoms with van der Waals surface area (Å²) in [7, 11) is 0. The van der Waals surface area contributed by atoms with Crippen molar-refractivity contribution in [2.45, 2.75) is 13.8 Å². The van der Waals surface area contributed by atoms with Gasteiger partial charge in [0, 0.05) is 21.5 Å². The number of rotatable bonds is 2. The second-order valence-corrected chi connectivity index (χ2v) is 5.13. The van der Waals surface area contributed by atoms with Gasteiger partial charge in [-0.25, -0.2) is 0 Å². The Hall–Kier alpha value is -1.48. The third kappa shape index (κ3) is 3.01. The molecule has 0 bridgehead atoms. The van der Waals surface area contributed by atoms with Crippen molar-refractivity contribution in [3.05, 3.63) is 52.0 Å². The zero-order chi connectivity index (χ0) is 12.4. The molecule has 17 heavy (non-hydrogen) atoms. The SMILES string of the molecule is Cc1cc(N)cc(Nc2ccc(Br)cc2C)c1. The molecule has 0 aliphatic rings. The smallest absolute Gasteiger partial charge is 0.0414 e. The Balaban J connectivity index is 2.31. The van der Waals surface area contributed by atoms with E-state index in [-0.39, 0.29) is 0 Å². The Morgan fingerprint density at radius 3 is 2.47 bits per heavy atom. The van der Waals surface area contributed by atoms with Crippen LogP contribution in [0, 0.1) is 13.8 Å². The highest BCUT2D eigenvalue weighted by Crippen LogP contribution is 2.25. The number of benzene rings is 2. The van der Waals surface area contributed by atoms with E-state index in [0.717, 1.165) is 27.1 Å². The van der Waals surface area contributed by atoms with E-state index in [1.165, 1.54) is 5.56 Å². The van der Waals surface area contributed by atoms with E-state index < -0.39 is 0 Å². The second-order valence-electron chi connectivity index (χ2n) is 4.22. The van der Waals surface area contributed by atoms with Gasteiger partial charge in [-0.2, -0.15) is 0 Å². The number of hydrogen-bond acceptors (Lipinski definition) is 2. The molecule has 0 atom stereocenters. The molecule has 88 valence electrons. The molecule has 0 amide bonds. The Labute approximate surface area is 110 Å². The van der Waals surface area contributed by atoms with E-state index >= 15 is 0 Å². The summed E-state index contributed by atoms with van der Waals surface area (Å²) in [6.07, 6.45) is 0. The van der Waals surface area contributed by atoms with Crippen LogP contribution in [0.4, 0.5) is 17.1 Å². The summed E-state index contributed by atoms with van der Waals surface area (Å²) >= 11 is 3.46. The Bertz CT molecular complexity index is 530. The maximum Gasteiger partial charge on any atom is 0.0414 e. The Morgan fingerprint density at radius 2 is 1.82 bits per heavy atom. The van der Waals surface area contributed by atoms with Gasteiger partial charge in [-0.3, -0.25) is 0 Å². The first kappa shape index (κ1) is 12.0. The van der Waals surface area contributed by atoms with Crippen molar-refractivity contribution in [2.75, 3.05) is 11.1 Å². The van der Waals surface area contributed by atoms with Crippen LogP contribution in [0.1, 0.15) is 11.1 Å². The number of nitrogen functional groups attached to an aromatic ring is 1. The average molecular weight is 291 g/mol. The molecule has 0 radical (unpaired) electrons. The quantitative estimate of drug-likeness (QED) is 0.805. The van der Waals surface area contributed by atoms with E-state index in [9.17, 15) is 0 Å². The van der Waals surface area contributed by atoms with Crippen molar-refractivity contribution in [1.82, 2.24) is 0 Å². The van der Waals surface area contributed by atoms with Gasteiger partial charge in [0.2, 0.25) is 0 Å². The third-order valence-electron chi connectivity index (χ3n) is 2.57. The molecule has 2 nitrogen and oxygen atoms in total. The number of hydrogen-bond donors (Lipinski definition) is 2. The number of aryl methyl sites for hydroxylation is 2. The van der Waals surface area contributed by atoms with E-state index in [4.69, 9.17) is 5.73 Å². The summed E-state index contributed by atoms with van der Waals surface area (Å²) in [4.78, 5) is 0. The van der Waals surface area contributed by atoms with Crippen LogP contribution in [0.15, 0.2) is 40.9 Å². The van der Waals surface area contributed by atoms with Crippen LogP contribution in [-0.2, 0) is 0 Å². The zero-order valence-corrected chi connectivity index (χ0v) is 11.5.